The minimum Gasteiger partial charge on any atom is -0.455 e. The van der Waals surface area contributed by atoms with Crippen molar-refractivity contribution in [2.45, 2.75) is 82.7 Å². The summed E-state index contributed by atoms with van der Waals surface area (Å²) in [5.74, 6) is 4.30. The number of amides is 5. The van der Waals surface area contributed by atoms with Crippen LogP contribution in [-0.2, 0) is 35.7 Å². The molecule has 0 saturated carbocycles. The quantitative estimate of drug-likeness (QED) is 0.0206. The number of nitrogens with one attached hydrogen (secondary N) is 4. The summed E-state index contributed by atoms with van der Waals surface area (Å²) in [6, 6.07) is 24.7. The number of pyridine rings is 1. The van der Waals surface area contributed by atoms with E-state index in [9.17, 15) is 42.5 Å². The zero-order chi connectivity index (χ0) is 61.0. The molecule has 6 aromatic rings. The monoisotopic (exact) mass is 1220 g/mol. The molecule has 4 aromatic carbocycles. The number of aromatic nitrogens is 2. The number of benzene rings is 4. The number of piperazine rings is 1. The molecule has 0 radical (unpaired) electrons. The average Bonchev–Trinajstić information content (AvgIpc) is 2.57. The largest absolute Gasteiger partial charge is 0.455 e. The van der Waals surface area contributed by atoms with Gasteiger partial charge in [-0.05, 0) is 127 Å². The highest BCUT2D eigenvalue weighted by Gasteiger charge is 2.40. The van der Waals surface area contributed by atoms with Crippen molar-refractivity contribution >= 4 is 84.8 Å². The summed E-state index contributed by atoms with van der Waals surface area (Å²) >= 11 is 6.27. The van der Waals surface area contributed by atoms with Gasteiger partial charge >= 0.3 is 0 Å². The van der Waals surface area contributed by atoms with E-state index in [1.807, 2.05) is 18.2 Å². The van der Waals surface area contributed by atoms with Crippen LogP contribution in [0.1, 0.15) is 103 Å². The third-order valence-electron chi connectivity index (χ3n) is 17.0. The fraction of sp³-hybridized carbons (Fsp3) is 0.375. The fourth-order valence-corrected chi connectivity index (χ4v) is 13.2. The van der Waals surface area contributed by atoms with Crippen molar-refractivity contribution < 1.29 is 46.8 Å². The summed E-state index contributed by atoms with van der Waals surface area (Å²) in [5.41, 5.74) is 7.02. The fourth-order valence-electron chi connectivity index (χ4n) is 12.1. The molecule has 2 aromatic heterocycles. The molecule has 87 heavy (non-hydrogen) atoms. The van der Waals surface area contributed by atoms with Crippen LogP contribution in [-0.4, -0.2) is 139 Å². The number of sulfonamides is 1. The van der Waals surface area contributed by atoms with Crippen LogP contribution in [0.15, 0.2) is 114 Å². The molecule has 21 nitrogen and oxygen atoms in total. The third-order valence-corrected chi connectivity index (χ3v) is 18.6. The number of halogens is 1. The molecule has 0 spiro atoms. The maximum absolute atomic E-state index is 14.1. The second-order valence-electron chi connectivity index (χ2n) is 23.5. The molecule has 4 N–H and O–H groups in total. The minimum absolute atomic E-state index is 0.0402. The molecule has 3 fully saturated rings. The second-order valence-corrected chi connectivity index (χ2v) is 25.6. The molecule has 1 atom stereocenters. The summed E-state index contributed by atoms with van der Waals surface area (Å²) in [5, 5.41) is 19.4. The number of hydrogen-bond donors (Lipinski definition) is 4. The van der Waals surface area contributed by atoms with Gasteiger partial charge in [0.1, 0.15) is 35.5 Å². The smallest absolute Gasteiger partial charge is 0.293 e. The lowest BCUT2D eigenvalue weighted by molar-refractivity contribution is -0.384. The van der Waals surface area contributed by atoms with Crippen molar-refractivity contribution in [2.75, 3.05) is 75.8 Å². The molecule has 5 aliphatic rings. The van der Waals surface area contributed by atoms with E-state index in [1.54, 1.807) is 47.5 Å². The highest BCUT2D eigenvalue weighted by atomic mass is 35.5. The Bertz CT molecular complexity index is 3900. The van der Waals surface area contributed by atoms with Crippen molar-refractivity contribution in [3.05, 3.63) is 152 Å². The van der Waals surface area contributed by atoms with Gasteiger partial charge in [0.15, 0.2) is 0 Å². The molecule has 1 aliphatic carbocycles. The van der Waals surface area contributed by atoms with Crippen LogP contribution in [0.4, 0.5) is 17.1 Å². The van der Waals surface area contributed by atoms with Gasteiger partial charge in [-0.3, -0.25) is 44.3 Å². The number of rotatable bonds is 18. The summed E-state index contributed by atoms with van der Waals surface area (Å²) in [6.45, 7) is 9.92. The van der Waals surface area contributed by atoms with Gasteiger partial charge in [-0.25, -0.2) is 18.1 Å². The molecular weight excluding hydrogens is 1150 g/mol. The van der Waals surface area contributed by atoms with E-state index >= 15 is 0 Å². The topological polar surface area (TPSA) is 259 Å². The summed E-state index contributed by atoms with van der Waals surface area (Å²) in [6.07, 6.45) is 8.33. The lowest BCUT2D eigenvalue weighted by Crippen LogP contribution is -2.52. The number of nitro benzene ring substituents is 1. The number of piperidine rings is 2. The van der Waals surface area contributed by atoms with Gasteiger partial charge in [-0.2, -0.15) is 0 Å². The number of nitro groups is 1. The molecule has 23 heteroatoms. The van der Waals surface area contributed by atoms with E-state index in [-0.39, 0.29) is 78.7 Å². The second kappa shape index (κ2) is 25.8. The number of ether oxygens (including phenoxy) is 2. The van der Waals surface area contributed by atoms with Crippen molar-refractivity contribution in [3.63, 3.8) is 0 Å². The lowest BCUT2D eigenvalue weighted by Gasteiger charge is -2.39. The predicted octanol–water partition coefficient (Wildman–Crippen LogP) is 8.69. The Morgan fingerprint density at radius 1 is 0.931 bits per heavy atom. The van der Waals surface area contributed by atoms with E-state index in [2.05, 4.69) is 72.9 Å². The van der Waals surface area contributed by atoms with Gasteiger partial charge in [0.25, 0.3) is 27.5 Å². The summed E-state index contributed by atoms with van der Waals surface area (Å²) in [4.78, 5) is 91.2. The maximum atomic E-state index is 14.1. The Morgan fingerprint density at radius 3 is 2.49 bits per heavy atom. The SMILES string of the molecule is CC1(C)CCC(CN2CCN(c3ccc(C(=O)NS(=O)(=O)c4ccc(NCC5CCN(C(=O)COCCC#Cc6cccc7c6CN(C6CCC(=O)NC6=O)C7=O)CC5)c([N+](=O)[O-])c4)c(Oc4cnc5[nH]ccc5c4)c3)CC2)=C(c2ccc(Cl)cc2)C1. The predicted molar refractivity (Wildman–Crippen MR) is 328 cm³/mol. The van der Waals surface area contributed by atoms with Crippen molar-refractivity contribution in [1.29, 1.82) is 0 Å². The normalized spacial score (nSPS) is 18.3. The van der Waals surface area contributed by atoms with Crippen LogP contribution < -0.4 is 25.0 Å². The first-order chi connectivity index (χ1) is 41.8. The average molecular weight is 1220 g/mol. The van der Waals surface area contributed by atoms with Gasteiger partial charge in [0.2, 0.25) is 17.7 Å². The van der Waals surface area contributed by atoms with Gasteiger partial charge in [-0.1, -0.05) is 61.1 Å². The van der Waals surface area contributed by atoms with Crippen molar-refractivity contribution in [2.24, 2.45) is 11.3 Å². The standard InChI is InChI=1S/C64H67ClN10O11S/c1-64(2)23-19-45(52(35-64)43-9-11-46(65)12-10-43)38-71-27-29-72(30-28-71)47-13-15-51(57(33-47)86-48-32-44-20-24-66-60(44)68-37-48)61(78)70-87(83,84)49-14-16-54(56(34-49)75(81)82)67-36-41-21-25-73(26-22-41)59(77)40-85-31-4-3-6-42-7-5-8-50-53(42)39-74(63(50)80)55-17-18-58(76)69-62(55)79/h5,7-16,20,24,32-34,37,41,55,67H,4,17-19,21-23,25-31,35-36,38-40H2,1-2H3,(H,66,68)(H,70,78)(H,69,76,79). The highest BCUT2D eigenvalue weighted by molar-refractivity contribution is 7.90. The van der Waals surface area contributed by atoms with Crippen LogP contribution in [0, 0.1) is 33.3 Å². The molecule has 0 bridgehead atoms. The van der Waals surface area contributed by atoms with E-state index in [4.69, 9.17) is 21.1 Å². The molecule has 3 saturated heterocycles. The molecular formula is C64H67ClN10O11S. The molecule has 4 aliphatic heterocycles. The highest BCUT2D eigenvalue weighted by Crippen LogP contribution is 2.44. The Morgan fingerprint density at radius 2 is 1.72 bits per heavy atom. The van der Waals surface area contributed by atoms with Gasteiger partial charge in [-0.15, -0.1) is 0 Å². The molecule has 452 valence electrons. The Labute approximate surface area is 509 Å². The number of fused-ring (bicyclic) bond motifs is 2. The van der Waals surface area contributed by atoms with Crippen LogP contribution >= 0.6 is 11.6 Å². The number of allylic oxidation sites excluding steroid dienone is 1. The minimum atomic E-state index is -4.67. The first-order valence-electron chi connectivity index (χ1n) is 29.2. The lowest BCUT2D eigenvalue weighted by atomic mass is 9.72. The van der Waals surface area contributed by atoms with Crippen LogP contribution in [0.25, 0.3) is 16.6 Å². The van der Waals surface area contributed by atoms with E-state index in [1.165, 1.54) is 46.0 Å². The van der Waals surface area contributed by atoms with Gasteiger partial charge in [0, 0.05) is 117 Å². The van der Waals surface area contributed by atoms with E-state index in [0.717, 1.165) is 61.6 Å². The first-order valence-corrected chi connectivity index (χ1v) is 31.1. The number of nitrogens with zero attached hydrogens (tertiary/aromatic N) is 6. The maximum Gasteiger partial charge on any atom is 0.293 e. The number of anilines is 2. The Hall–Kier alpha value is -8.62. The Kier molecular flexibility index (Phi) is 17.8. The number of aromatic amines is 1. The van der Waals surface area contributed by atoms with Gasteiger partial charge < -0.3 is 34.5 Å². The zero-order valence-corrected chi connectivity index (χ0v) is 49.9. The first kappa shape index (κ1) is 60.1. The van der Waals surface area contributed by atoms with Crippen LogP contribution in [0.2, 0.25) is 5.02 Å². The molecule has 11 rings (SSSR count). The number of carbonyl (C=O) groups is 5. The summed E-state index contributed by atoms with van der Waals surface area (Å²) in [7, 11) is -4.67. The molecule has 5 amide bonds. The number of imide groups is 1. The molecule has 6 heterocycles. The van der Waals surface area contributed by atoms with Crippen molar-refractivity contribution in [1.82, 2.24) is 34.7 Å². The van der Waals surface area contributed by atoms with Gasteiger partial charge in [0.05, 0.1) is 28.2 Å². The number of likely N-dealkylation sites (tertiary alicyclic amines) is 1. The van der Waals surface area contributed by atoms with E-state index < -0.39 is 43.4 Å². The van der Waals surface area contributed by atoms with E-state index in [0.29, 0.717) is 79.5 Å². The molecule has 1 unspecified atom stereocenters. The number of carbonyl (C=O) groups excluding carboxylic acids is 5. The third kappa shape index (κ3) is 14.0. The van der Waals surface area contributed by atoms with Crippen LogP contribution in [0.3, 0.4) is 0 Å². The van der Waals surface area contributed by atoms with Crippen molar-refractivity contribution in [3.8, 4) is 23.3 Å². The number of H-pyrrole nitrogens is 1. The summed E-state index contributed by atoms with van der Waals surface area (Å²) < 4.78 is 42.1. The Balaban J connectivity index is 0.675. The zero-order valence-electron chi connectivity index (χ0n) is 48.4. The van der Waals surface area contributed by atoms with Crippen LogP contribution in [0.5, 0.6) is 11.5 Å². The number of hydrogen-bond acceptors (Lipinski definition) is 15.